The fourth-order valence-corrected chi connectivity index (χ4v) is 2.84. The lowest BCUT2D eigenvalue weighted by molar-refractivity contribution is -0.134. The molecule has 6 heteroatoms. The summed E-state index contributed by atoms with van der Waals surface area (Å²) in [4.78, 5) is 29.6. The zero-order valence-electron chi connectivity index (χ0n) is 10.1. The summed E-state index contributed by atoms with van der Waals surface area (Å²) in [5, 5.41) is 2.25. The van der Waals surface area contributed by atoms with Crippen molar-refractivity contribution >= 4 is 23.2 Å². The van der Waals surface area contributed by atoms with Crippen LogP contribution < -0.4 is 5.73 Å². The number of likely N-dealkylation sites (tertiary alicyclic amines) is 1. The van der Waals surface area contributed by atoms with Crippen LogP contribution in [0.1, 0.15) is 24.3 Å². The van der Waals surface area contributed by atoms with E-state index in [1.807, 2.05) is 0 Å². The molecule has 2 heterocycles. The van der Waals surface area contributed by atoms with E-state index >= 15 is 0 Å². The largest absolute Gasteiger partial charge is 0.369 e. The van der Waals surface area contributed by atoms with Gasteiger partial charge in [0.05, 0.1) is 0 Å². The Morgan fingerprint density at radius 1 is 1.50 bits per heavy atom. The lowest BCUT2D eigenvalue weighted by Gasteiger charge is -2.25. The van der Waals surface area contributed by atoms with Gasteiger partial charge < -0.3 is 10.6 Å². The fourth-order valence-electron chi connectivity index (χ4n) is 2.06. The molecule has 97 valence electrons. The van der Waals surface area contributed by atoms with E-state index in [1.165, 1.54) is 11.3 Å². The summed E-state index contributed by atoms with van der Waals surface area (Å²) in [6.45, 7) is 5.36. The number of amides is 2. The Labute approximate surface area is 110 Å². The van der Waals surface area contributed by atoms with E-state index in [-0.39, 0.29) is 12.3 Å². The molecule has 5 nitrogen and oxygen atoms in total. The van der Waals surface area contributed by atoms with Crippen molar-refractivity contribution in [2.45, 2.75) is 24.7 Å². The van der Waals surface area contributed by atoms with E-state index in [2.05, 4.69) is 11.9 Å². The minimum Gasteiger partial charge on any atom is -0.369 e. The molecule has 0 bridgehead atoms. The van der Waals surface area contributed by atoms with Crippen molar-refractivity contribution in [2.24, 2.45) is 5.73 Å². The first-order valence-electron chi connectivity index (χ1n) is 5.87. The highest BCUT2D eigenvalue weighted by molar-refractivity contribution is 7.09. The third-order valence-corrected chi connectivity index (χ3v) is 4.20. The molecule has 1 aliphatic heterocycles. The molecule has 1 saturated heterocycles. The number of carbonyl (C=O) groups excluding carboxylic acids is 2. The minimum absolute atomic E-state index is 0.00412. The Balaban J connectivity index is 2.16. The summed E-state index contributed by atoms with van der Waals surface area (Å²) in [5.74, 6) is -0.679. The van der Waals surface area contributed by atoms with Crippen molar-refractivity contribution in [3.63, 3.8) is 0 Å². The van der Waals surface area contributed by atoms with Gasteiger partial charge >= 0.3 is 0 Å². The second-order valence-corrected chi connectivity index (χ2v) is 5.44. The number of hydrogen-bond acceptors (Lipinski definition) is 4. The number of nitrogens with two attached hydrogens (primary N) is 1. The average Bonchev–Trinajstić information content (AvgIpc) is 3.02. The van der Waals surface area contributed by atoms with Crippen LogP contribution in [0.3, 0.4) is 0 Å². The molecule has 0 saturated carbocycles. The van der Waals surface area contributed by atoms with E-state index < -0.39 is 11.3 Å². The van der Waals surface area contributed by atoms with Gasteiger partial charge in [0, 0.05) is 31.1 Å². The first kappa shape index (κ1) is 13.0. The smallest absolute Gasteiger partial charge is 0.231 e. The predicted molar refractivity (Wildman–Crippen MR) is 68.8 cm³/mol. The Kier molecular flexibility index (Phi) is 3.65. The summed E-state index contributed by atoms with van der Waals surface area (Å²) in [6, 6.07) is 0. The van der Waals surface area contributed by atoms with E-state index in [0.29, 0.717) is 5.01 Å². The zero-order valence-corrected chi connectivity index (χ0v) is 10.9. The van der Waals surface area contributed by atoms with Crippen LogP contribution in [-0.2, 0) is 15.0 Å². The maximum absolute atomic E-state index is 12.1. The molecular formula is C12H16N3O2S. The molecule has 2 N–H and O–H groups in total. The third-order valence-electron chi connectivity index (χ3n) is 3.23. The van der Waals surface area contributed by atoms with E-state index in [4.69, 9.17) is 5.73 Å². The summed E-state index contributed by atoms with van der Waals surface area (Å²) < 4.78 is 0. The Hall–Kier alpha value is -1.43. The van der Waals surface area contributed by atoms with Gasteiger partial charge in [-0.2, -0.15) is 0 Å². The van der Waals surface area contributed by atoms with Gasteiger partial charge in [-0.25, -0.2) is 4.98 Å². The van der Waals surface area contributed by atoms with Crippen LogP contribution in [0.4, 0.5) is 0 Å². The molecule has 1 fully saturated rings. The molecule has 2 rings (SSSR count). The number of thiazole rings is 1. The standard InChI is InChI=1S/C12H16N3O2S/c1-12(10(13)17,11-14-4-7-18-11)8-9(16)15-5-2-3-6-15/h4,7H,1-3,5-6,8H2,(H2,13,17). The Bertz CT molecular complexity index is 440. The van der Waals surface area contributed by atoms with Crippen LogP contribution in [0.25, 0.3) is 0 Å². The summed E-state index contributed by atoms with van der Waals surface area (Å²) in [5.41, 5.74) is 4.16. The second-order valence-electron chi connectivity index (χ2n) is 4.55. The van der Waals surface area contributed by atoms with Crippen LogP contribution in [0, 0.1) is 6.92 Å². The SMILES string of the molecule is [CH2]C(CC(=O)N1CCCC1)(C(N)=O)c1nccs1. The quantitative estimate of drug-likeness (QED) is 0.872. The highest BCUT2D eigenvalue weighted by Gasteiger charge is 2.39. The molecule has 1 atom stereocenters. The number of primary amides is 1. The molecule has 1 unspecified atom stereocenters. The highest BCUT2D eigenvalue weighted by Crippen LogP contribution is 2.30. The summed E-state index contributed by atoms with van der Waals surface area (Å²) >= 11 is 1.30. The van der Waals surface area contributed by atoms with Gasteiger partial charge in [0.15, 0.2) is 0 Å². The van der Waals surface area contributed by atoms with Gasteiger partial charge in [-0.15, -0.1) is 11.3 Å². The lowest BCUT2D eigenvalue weighted by Crippen LogP contribution is -2.43. The van der Waals surface area contributed by atoms with E-state index in [1.54, 1.807) is 16.5 Å². The maximum Gasteiger partial charge on any atom is 0.231 e. The van der Waals surface area contributed by atoms with Crippen molar-refractivity contribution in [3.8, 4) is 0 Å². The Morgan fingerprint density at radius 2 is 2.17 bits per heavy atom. The maximum atomic E-state index is 12.1. The van der Waals surface area contributed by atoms with Gasteiger partial charge in [-0.3, -0.25) is 9.59 Å². The van der Waals surface area contributed by atoms with Crippen molar-refractivity contribution in [2.75, 3.05) is 13.1 Å². The van der Waals surface area contributed by atoms with Gasteiger partial charge in [-0.05, 0) is 19.8 Å². The van der Waals surface area contributed by atoms with Crippen molar-refractivity contribution < 1.29 is 9.59 Å². The van der Waals surface area contributed by atoms with Gasteiger partial charge in [0.25, 0.3) is 0 Å². The van der Waals surface area contributed by atoms with Gasteiger partial charge in [0.2, 0.25) is 11.8 Å². The molecule has 0 spiro atoms. The predicted octanol–water partition coefficient (Wildman–Crippen LogP) is 0.713. The number of nitrogens with zero attached hydrogens (tertiary/aromatic N) is 2. The number of hydrogen-bond donors (Lipinski definition) is 1. The van der Waals surface area contributed by atoms with Gasteiger partial charge in [0.1, 0.15) is 10.4 Å². The average molecular weight is 266 g/mol. The number of rotatable bonds is 4. The first-order valence-corrected chi connectivity index (χ1v) is 6.75. The monoisotopic (exact) mass is 266 g/mol. The van der Waals surface area contributed by atoms with Crippen LogP contribution >= 0.6 is 11.3 Å². The molecule has 1 aromatic rings. The fraction of sp³-hybridized carbons (Fsp3) is 0.500. The topological polar surface area (TPSA) is 76.3 Å². The van der Waals surface area contributed by atoms with Crippen LogP contribution in [0.2, 0.25) is 0 Å². The molecule has 2 amide bonds. The summed E-state index contributed by atoms with van der Waals surface area (Å²) in [6.07, 6.45) is 3.62. The normalized spacial score (nSPS) is 18.6. The molecule has 1 aromatic heterocycles. The molecule has 18 heavy (non-hydrogen) atoms. The third kappa shape index (κ3) is 2.38. The van der Waals surface area contributed by atoms with Crippen molar-refractivity contribution in [1.82, 2.24) is 9.88 Å². The minimum atomic E-state index is -1.24. The van der Waals surface area contributed by atoms with E-state index in [9.17, 15) is 9.59 Å². The van der Waals surface area contributed by atoms with E-state index in [0.717, 1.165) is 25.9 Å². The van der Waals surface area contributed by atoms with Crippen molar-refractivity contribution in [1.29, 1.82) is 0 Å². The van der Waals surface area contributed by atoms with Crippen LogP contribution in [0.5, 0.6) is 0 Å². The van der Waals surface area contributed by atoms with Crippen LogP contribution in [0.15, 0.2) is 11.6 Å². The number of aromatic nitrogens is 1. The second kappa shape index (κ2) is 5.06. The molecule has 0 aliphatic carbocycles. The first-order chi connectivity index (χ1) is 8.54. The molecule has 1 aliphatic rings. The van der Waals surface area contributed by atoms with Crippen LogP contribution in [-0.4, -0.2) is 34.8 Å². The molecule has 0 aromatic carbocycles. The van der Waals surface area contributed by atoms with Gasteiger partial charge in [-0.1, -0.05) is 0 Å². The molecular weight excluding hydrogens is 250 g/mol. The molecule has 1 radical (unpaired) electrons. The lowest BCUT2D eigenvalue weighted by atomic mass is 9.86. The van der Waals surface area contributed by atoms with Crippen molar-refractivity contribution in [3.05, 3.63) is 23.5 Å². The highest BCUT2D eigenvalue weighted by atomic mass is 32.1. The number of carbonyl (C=O) groups is 2. The zero-order chi connectivity index (χ0) is 13.2. The summed E-state index contributed by atoms with van der Waals surface area (Å²) in [7, 11) is 0. The Morgan fingerprint density at radius 3 is 2.67 bits per heavy atom.